The van der Waals surface area contributed by atoms with Gasteiger partial charge < -0.3 is 14.4 Å². The maximum absolute atomic E-state index is 10.9. The fourth-order valence-electron chi connectivity index (χ4n) is 1.56. The zero-order valence-electron chi connectivity index (χ0n) is 8.65. The topological polar surface area (TPSA) is 51.5 Å². The summed E-state index contributed by atoms with van der Waals surface area (Å²) in [4.78, 5) is 10.9. The lowest BCUT2D eigenvalue weighted by molar-refractivity contribution is 0.0693. The first-order valence-electron chi connectivity index (χ1n) is 4.49. The molecule has 0 aliphatic heterocycles. The first kappa shape index (κ1) is 10.8. The van der Waals surface area contributed by atoms with Crippen LogP contribution in [0.3, 0.4) is 0 Å². The van der Waals surface area contributed by atoms with Crippen LogP contribution in [0.2, 0.25) is 0 Å². The number of carbonyl (C=O) groups is 1. The summed E-state index contributed by atoms with van der Waals surface area (Å²) in [6.07, 6.45) is 1.74. The molecule has 0 aliphatic rings. The molecule has 0 bridgehead atoms. The summed E-state index contributed by atoms with van der Waals surface area (Å²) in [6, 6.07) is 1.61. The Morgan fingerprint density at radius 1 is 1.64 bits per heavy atom. The van der Waals surface area contributed by atoms with Gasteiger partial charge in [0.05, 0.1) is 5.56 Å². The molecule has 1 N–H and O–H groups in total. The van der Waals surface area contributed by atoms with E-state index in [4.69, 9.17) is 9.84 Å². The van der Waals surface area contributed by atoms with Crippen LogP contribution < -0.4 is 0 Å². The second-order valence-corrected chi connectivity index (χ2v) is 3.46. The quantitative estimate of drug-likeness (QED) is 0.802. The highest BCUT2D eigenvalue weighted by molar-refractivity contribution is 5.89. The van der Waals surface area contributed by atoms with E-state index in [0.29, 0.717) is 12.3 Å². The lowest BCUT2D eigenvalue weighted by atomic mass is 10.1. The van der Waals surface area contributed by atoms with Crippen LogP contribution in [-0.2, 0) is 11.5 Å². The van der Waals surface area contributed by atoms with Crippen LogP contribution in [0.4, 0.5) is 0 Å². The number of carboxylic acid groups (broad SMARTS) is 1. The van der Waals surface area contributed by atoms with E-state index in [1.807, 2.05) is 18.4 Å². The van der Waals surface area contributed by atoms with Gasteiger partial charge in [-0.15, -0.1) is 0 Å². The van der Waals surface area contributed by atoms with Crippen molar-refractivity contribution in [3.8, 4) is 0 Å². The highest BCUT2D eigenvalue weighted by Crippen LogP contribution is 2.21. The van der Waals surface area contributed by atoms with Crippen LogP contribution in [0.5, 0.6) is 0 Å². The smallest absolute Gasteiger partial charge is 0.337 e. The molecule has 0 aromatic carbocycles. The first-order chi connectivity index (χ1) is 6.57. The molecule has 78 valence electrons. The number of aromatic nitrogens is 1. The van der Waals surface area contributed by atoms with Gasteiger partial charge in [0.15, 0.2) is 0 Å². The van der Waals surface area contributed by atoms with E-state index in [0.717, 1.165) is 5.69 Å². The first-order valence-corrected chi connectivity index (χ1v) is 4.49. The average molecular weight is 197 g/mol. The summed E-state index contributed by atoms with van der Waals surface area (Å²) in [5.41, 5.74) is 1.16. The molecule has 0 aliphatic carbocycles. The van der Waals surface area contributed by atoms with Gasteiger partial charge in [0.25, 0.3) is 0 Å². The Bertz CT molecular complexity index is 328. The van der Waals surface area contributed by atoms with Crippen molar-refractivity contribution in [2.45, 2.75) is 26.5 Å². The van der Waals surface area contributed by atoms with Crippen molar-refractivity contribution < 1.29 is 14.6 Å². The monoisotopic (exact) mass is 197 g/mol. The Morgan fingerprint density at radius 3 is 2.71 bits per heavy atom. The number of carboxylic acids is 1. The van der Waals surface area contributed by atoms with Gasteiger partial charge >= 0.3 is 5.97 Å². The highest BCUT2D eigenvalue weighted by Gasteiger charge is 2.17. The maximum atomic E-state index is 10.9. The number of methoxy groups -OCH3 is 1. The predicted octanol–water partition coefficient (Wildman–Crippen LogP) is 1.91. The number of rotatable bonds is 4. The number of nitrogens with zero attached hydrogens (tertiary/aromatic N) is 1. The standard InChI is InChI=1S/C10H15NO3/c1-7(2)9-8(10(12)13)4-5-11(9)6-14-3/h4-5,7H,6H2,1-3H3,(H,12,13). The van der Waals surface area contributed by atoms with Gasteiger partial charge in [-0.2, -0.15) is 0 Å². The minimum atomic E-state index is -0.886. The minimum absolute atomic E-state index is 0.172. The molecule has 0 fully saturated rings. The normalized spacial score (nSPS) is 10.9. The van der Waals surface area contributed by atoms with Gasteiger partial charge in [0, 0.05) is 19.0 Å². The van der Waals surface area contributed by atoms with Crippen molar-refractivity contribution in [3.63, 3.8) is 0 Å². The van der Waals surface area contributed by atoms with Crippen LogP contribution in [0.1, 0.15) is 35.8 Å². The van der Waals surface area contributed by atoms with E-state index >= 15 is 0 Å². The summed E-state index contributed by atoms with van der Waals surface area (Å²) in [5, 5.41) is 8.94. The number of hydrogen-bond acceptors (Lipinski definition) is 2. The average Bonchev–Trinajstić information content (AvgIpc) is 2.48. The Hall–Kier alpha value is -1.29. The molecule has 1 aromatic heterocycles. The third kappa shape index (κ3) is 1.96. The fraction of sp³-hybridized carbons (Fsp3) is 0.500. The number of aromatic carboxylic acids is 1. The van der Waals surface area contributed by atoms with Crippen LogP contribution in [0, 0.1) is 0 Å². The SMILES string of the molecule is COCn1ccc(C(=O)O)c1C(C)C. The molecule has 0 atom stereocenters. The minimum Gasteiger partial charge on any atom is -0.478 e. The predicted molar refractivity (Wildman–Crippen MR) is 52.5 cm³/mol. The third-order valence-electron chi connectivity index (χ3n) is 2.05. The summed E-state index contributed by atoms with van der Waals surface area (Å²) in [7, 11) is 1.59. The summed E-state index contributed by atoms with van der Waals surface area (Å²) in [5.74, 6) is -0.713. The highest BCUT2D eigenvalue weighted by atomic mass is 16.5. The van der Waals surface area contributed by atoms with Gasteiger partial charge in [0.2, 0.25) is 0 Å². The van der Waals surface area contributed by atoms with Crippen LogP contribution in [0.15, 0.2) is 12.3 Å². The van der Waals surface area contributed by atoms with Crippen molar-refractivity contribution in [1.82, 2.24) is 4.57 Å². The van der Waals surface area contributed by atoms with E-state index in [1.54, 1.807) is 19.4 Å². The van der Waals surface area contributed by atoms with Gasteiger partial charge in [-0.25, -0.2) is 4.79 Å². The van der Waals surface area contributed by atoms with E-state index in [9.17, 15) is 4.79 Å². The molecule has 0 unspecified atom stereocenters. The van der Waals surface area contributed by atoms with Gasteiger partial charge in [-0.1, -0.05) is 13.8 Å². The van der Waals surface area contributed by atoms with E-state index in [-0.39, 0.29) is 5.92 Å². The molecular formula is C10H15NO3. The number of ether oxygens (including phenoxy) is 1. The lowest BCUT2D eigenvalue weighted by Gasteiger charge is -2.12. The molecule has 0 saturated heterocycles. The molecule has 0 saturated carbocycles. The van der Waals surface area contributed by atoms with Gasteiger partial charge in [0.1, 0.15) is 6.73 Å². The van der Waals surface area contributed by atoms with E-state index in [1.165, 1.54) is 0 Å². The van der Waals surface area contributed by atoms with Crippen molar-refractivity contribution in [2.24, 2.45) is 0 Å². The van der Waals surface area contributed by atoms with Crippen molar-refractivity contribution in [2.75, 3.05) is 7.11 Å². The zero-order chi connectivity index (χ0) is 10.7. The Labute approximate surface area is 83.1 Å². The largest absolute Gasteiger partial charge is 0.478 e. The molecule has 1 rings (SSSR count). The molecule has 1 aromatic rings. The molecular weight excluding hydrogens is 182 g/mol. The lowest BCUT2D eigenvalue weighted by Crippen LogP contribution is -2.09. The van der Waals surface area contributed by atoms with Crippen LogP contribution in [-0.4, -0.2) is 22.8 Å². The Kier molecular flexibility index (Phi) is 3.30. The van der Waals surface area contributed by atoms with Crippen LogP contribution >= 0.6 is 0 Å². The summed E-state index contributed by atoms with van der Waals surface area (Å²) >= 11 is 0. The van der Waals surface area contributed by atoms with Crippen molar-refractivity contribution >= 4 is 5.97 Å². The summed E-state index contributed by atoms with van der Waals surface area (Å²) in [6.45, 7) is 4.32. The molecule has 4 nitrogen and oxygen atoms in total. The Morgan fingerprint density at radius 2 is 2.29 bits per heavy atom. The molecule has 1 heterocycles. The second-order valence-electron chi connectivity index (χ2n) is 3.46. The maximum Gasteiger partial charge on any atom is 0.337 e. The van der Waals surface area contributed by atoms with E-state index < -0.39 is 5.97 Å². The molecule has 14 heavy (non-hydrogen) atoms. The number of hydrogen-bond donors (Lipinski definition) is 1. The Balaban J connectivity index is 3.13. The fourth-order valence-corrected chi connectivity index (χ4v) is 1.56. The van der Waals surface area contributed by atoms with Gasteiger partial charge in [-0.05, 0) is 12.0 Å². The van der Waals surface area contributed by atoms with Gasteiger partial charge in [-0.3, -0.25) is 0 Å². The molecule has 4 heteroatoms. The molecule has 0 spiro atoms. The van der Waals surface area contributed by atoms with Crippen molar-refractivity contribution in [1.29, 1.82) is 0 Å². The van der Waals surface area contributed by atoms with Crippen LogP contribution in [0.25, 0.3) is 0 Å². The summed E-state index contributed by atoms with van der Waals surface area (Å²) < 4.78 is 6.80. The van der Waals surface area contributed by atoms with Crippen molar-refractivity contribution in [3.05, 3.63) is 23.5 Å². The third-order valence-corrected chi connectivity index (χ3v) is 2.05. The second kappa shape index (κ2) is 4.28. The molecule has 0 amide bonds. The molecule has 0 radical (unpaired) electrons. The van der Waals surface area contributed by atoms with E-state index in [2.05, 4.69) is 0 Å². The zero-order valence-corrected chi connectivity index (χ0v) is 8.65.